The van der Waals surface area contributed by atoms with Gasteiger partial charge in [-0.05, 0) is 56.3 Å². The third kappa shape index (κ3) is 7.79. The molecule has 0 radical (unpaired) electrons. The normalized spacial score (nSPS) is 11.0. The van der Waals surface area contributed by atoms with E-state index >= 15 is 0 Å². The number of esters is 2. The second-order valence-electron chi connectivity index (χ2n) is 9.21. The highest BCUT2D eigenvalue weighted by Gasteiger charge is 2.31. The molecule has 3 aromatic carbocycles. The summed E-state index contributed by atoms with van der Waals surface area (Å²) in [6.07, 6.45) is -4.76. The highest BCUT2D eigenvalue weighted by Crippen LogP contribution is 2.33. The van der Waals surface area contributed by atoms with Gasteiger partial charge in [0, 0.05) is 25.2 Å². The average molecular weight is 661 g/mol. The van der Waals surface area contributed by atoms with E-state index in [2.05, 4.69) is 30.1 Å². The molecular formula is C29H27F3N6O7S. The molecule has 2 heterocycles. The van der Waals surface area contributed by atoms with Crippen LogP contribution in [0.2, 0.25) is 0 Å². The van der Waals surface area contributed by atoms with Crippen molar-refractivity contribution in [1.82, 2.24) is 14.5 Å². The van der Waals surface area contributed by atoms with Crippen molar-refractivity contribution in [1.29, 1.82) is 0 Å². The van der Waals surface area contributed by atoms with E-state index in [1.807, 2.05) is 18.4 Å². The Morgan fingerprint density at radius 1 is 0.957 bits per heavy atom. The first kappa shape index (κ1) is 33.4. The van der Waals surface area contributed by atoms with Crippen molar-refractivity contribution in [2.75, 3.05) is 31.4 Å². The number of anilines is 3. The number of imidazole rings is 1. The van der Waals surface area contributed by atoms with Gasteiger partial charge in [-0.1, -0.05) is 11.3 Å². The van der Waals surface area contributed by atoms with Crippen LogP contribution >= 0.6 is 11.3 Å². The summed E-state index contributed by atoms with van der Waals surface area (Å²) in [6.45, 7) is 4.95. The van der Waals surface area contributed by atoms with Crippen molar-refractivity contribution in [2.24, 2.45) is 0 Å². The van der Waals surface area contributed by atoms with Crippen molar-refractivity contribution >= 4 is 67.0 Å². The van der Waals surface area contributed by atoms with Gasteiger partial charge < -0.3 is 29.4 Å². The zero-order valence-corrected chi connectivity index (χ0v) is 25.6. The van der Waals surface area contributed by atoms with Crippen LogP contribution in [0.5, 0.6) is 5.75 Å². The molecule has 0 unspecified atom stereocenters. The van der Waals surface area contributed by atoms with E-state index < -0.39 is 23.2 Å². The van der Waals surface area contributed by atoms with Crippen LogP contribution in [0.3, 0.4) is 0 Å². The number of halogens is 3. The number of aromatic nitrogens is 3. The fraction of sp³-hybridized carbons (Fsp3) is 0.241. The molecule has 242 valence electrons. The minimum atomic E-state index is -4.76. The standard InChI is InChI=1S/C19H15F3N4O3S.C10H12N2O4/c1-3-26-14-7-4-10(16(27)28-2)8-13(14)23-17(26)25-18-24-12-6-5-11(9-15(12)30-18)29-19(20,21)22;1-3-11-8-5-4-7(10(13)16-2)6-9(8)12(14)15/h4-9H,3H2,1-2H3,(H,23,24,25);4-6,11H,3H2,1-2H3. The quantitative estimate of drug-likeness (QED) is 0.0961. The van der Waals surface area contributed by atoms with Crippen LogP contribution in [0.25, 0.3) is 21.3 Å². The molecule has 0 fully saturated rings. The van der Waals surface area contributed by atoms with Crippen LogP contribution in [-0.2, 0) is 16.0 Å². The number of hydrogen-bond acceptors (Lipinski definition) is 12. The van der Waals surface area contributed by atoms with Gasteiger partial charge in [-0.25, -0.2) is 19.6 Å². The molecule has 0 aliphatic rings. The second-order valence-corrected chi connectivity index (χ2v) is 10.2. The van der Waals surface area contributed by atoms with E-state index in [-0.39, 0.29) is 17.0 Å². The third-order valence-electron chi connectivity index (χ3n) is 6.28. The first-order valence-corrected chi connectivity index (χ1v) is 14.3. The number of nitrogens with zero attached hydrogens (tertiary/aromatic N) is 4. The molecular weight excluding hydrogens is 633 g/mol. The monoisotopic (exact) mass is 660 g/mol. The Labute approximate surface area is 263 Å². The van der Waals surface area contributed by atoms with Crippen molar-refractivity contribution < 1.29 is 41.9 Å². The highest BCUT2D eigenvalue weighted by molar-refractivity contribution is 7.22. The number of nitro benzene ring substituents is 1. The lowest BCUT2D eigenvalue weighted by Crippen LogP contribution is -2.16. The summed E-state index contributed by atoms with van der Waals surface area (Å²) < 4.78 is 52.9. The van der Waals surface area contributed by atoms with Crippen LogP contribution in [0, 0.1) is 10.1 Å². The predicted octanol–water partition coefficient (Wildman–Crippen LogP) is 6.91. The van der Waals surface area contributed by atoms with E-state index in [1.165, 1.54) is 62.0 Å². The van der Waals surface area contributed by atoms with E-state index in [0.717, 1.165) is 5.52 Å². The number of fused-ring (bicyclic) bond motifs is 2. The summed E-state index contributed by atoms with van der Waals surface area (Å²) in [5.41, 5.74) is 2.75. The highest BCUT2D eigenvalue weighted by atomic mass is 32.1. The largest absolute Gasteiger partial charge is 0.573 e. The summed E-state index contributed by atoms with van der Waals surface area (Å²) in [7, 11) is 2.54. The molecule has 2 N–H and O–H groups in total. The molecule has 0 saturated heterocycles. The Morgan fingerprint density at radius 3 is 2.24 bits per heavy atom. The van der Waals surface area contributed by atoms with E-state index in [0.29, 0.717) is 51.2 Å². The van der Waals surface area contributed by atoms with Gasteiger partial charge in [-0.15, -0.1) is 13.2 Å². The van der Waals surface area contributed by atoms with E-state index in [1.54, 1.807) is 18.2 Å². The summed E-state index contributed by atoms with van der Waals surface area (Å²) in [4.78, 5) is 42.1. The molecule has 0 amide bonds. The third-order valence-corrected chi connectivity index (χ3v) is 7.21. The molecule has 2 aromatic heterocycles. The number of rotatable bonds is 9. The number of methoxy groups -OCH3 is 2. The smallest absolute Gasteiger partial charge is 0.465 e. The van der Waals surface area contributed by atoms with Gasteiger partial charge in [-0.2, -0.15) is 0 Å². The maximum Gasteiger partial charge on any atom is 0.573 e. The molecule has 5 rings (SSSR count). The van der Waals surface area contributed by atoms with Gasteiger partial charge in [0.2, 0.25) is 5.95 Å². The predicted molar refractivity (Wildman–Crippen MR) is 165 cm³/mol. The topological polar surface area (TPSA) is 160 Å². The number of carbonyl (C=O) groups excluding carboxylic acids is 2. The minimum Gasteiger partial charge on any atom is -0.465 e. The van der Waals surface area contributed by atoms with Gasteiger partial charge in [0.05, 0.1) is 51.5 Å². The lowest BCUT2D eigenvalue weighted by Gasteiger charge is -2.07. The number of hydrogen-bond donors (Lipinski definition) is 2. The maximum absolute atomic E-state index is 12.4. The van der Waals surface area contributed by atoms with Gasteiger partial charge >= 0.3 is 18.3 Å². The zero-order chi connectivity index (χ0) is 33.6. The Hall–Kier alpha value is -5.45. The Bertz CT molecular complexity index is 1910. The van der Waals surface area contributed by atoms with Crippen molar-refractivity contribution in [3.63, 3.8) is 0 Å². The van der Waals surface area contributed by atoms with E-state index in [9.17, 15) is 32.9 Å². The molecule has 46 heavy (non-hydrogen) atoms. The molecule has 17 heteroatoms. The molecule has 0 aliphatic heterocycles. The van der Waals surface area contributed by atoms with Crippen LogP contribution in [0.4, 0.5) is 35.6 Å². The Balaban J connectivity index is 0.000000254. The van der Waals surface area contributed by atoms with Crippen molar-refractivity contribution in [2.45, 2.75) is 26.8 Å². The molecule has 0 atom stereocenters. The molecule has 5 aromatic rings. The number of carbonyl (C=O) groups is 2. The van der Waals surface area contributed by atoms with Crippen molar-refractivity contribution in [3.05, 3.63) is 75.8 Å². The molecule has 0 saturated carbocycles. The van der Waals surface area contributed by atoms with Crippen LogP contribution in [0.15, 0.2) is 54.6 Å². The average Bonchev–Trinajstić information content (AvgIpc) is 3.58. The second kappa shape index (κ2) is 14.1. The number of alkyl halides is 3. The lowest BCUT2D eigenvalue weighted by atomic mass is 10.1. The fourth-order valence-corrected chi connectivity index (χ4v) is 5.20. The number of thiazole rings is 1. The van der Waals surface area contributed by atoms with Gasteiger partial charge in [0.25, 0.3) is 5.69 Å². The summed E-state index contributed by atoms with van der Waals surface area (Å²) in [6, 6.07) is 13.2. The number of ether oxygens (including phenoxy) is 3. The molecule has 0 spiro atoms. The van der Waals surface area contributed by atoms with Gasteiger partial charge in [-0.3, -0.25) is 10.1 Å². The summed E-state index contributed by atoms with van der Waals surface area (Å²) >= 11 is 1.18. The van der Waals surface area contributed by atoms with Crippen LogP contribution in [-0.4, -0.2) is 58.5 Å². The fourth-order valence-electron chi connectivity index (χ4n) is 4.31. The van der Waals surface area contributed by atoms with Crippen molar-refractivity contribution in [3.8, 4) is 5.75 Å². The molecule has 0 aliphatic carbocycles. The zero-order valence-electron chi connectivity index (χ0n) is 24.8. The molecule has 0 bridgehead atoms. The lowest BCUT2D eigenvalue weighted by molar-refractivity contribution is -0.384. The molecule has 13 nitrogen and oxygen atoms in total. The summed E-state index contributed by atoms with van der Waals surface area (Å²) in [5, 5.41) is 17.2. The van der Waals surface area contributed by atoms with E-state index in [4.69, 9.17) is 4.74 Å². The maximum atomic E-state index is 12.4. The van der Waals surface area contributed by atoms with Crippen LogP contribution < -0.4 is 15.4 Å². The number of nitro groups is 1. The minimum absolute atomic E-state index is 0.134. The first-order chi connectivity index (χ1) is 21.9. The van der Waals surface area contributed by atoms with Gasteiger partial charge in [0.1, 0.15) is 11.4 Å². The van der Waals surface area contributed by atoms with Gasteiger partial charge in [0.15, 0.2) is 5.13 Å². The SMILES string of the molecule is CCNc1ccc(C(=O)OC)cc1[N+](=O)[O-].CCn1c(Nc2nc3ccc(OC(F)(F)F)cc3s2)nc2cc(C(=O)OC)ccc21. The Morgan fingerprint density at radius 2 is 1.63 bits per heavy atom. The summed E-state index contributed by atoms with van der Waals surface area (Å²) in [5.74, 6) is -0.853. The Kier molecular flexibility index (Phi) is 10.3. The first-order valence-electron chi connectivity index (χ1n) is 13.5. The number of aryl methyl sites for hydroxylation is 1. The number of nitrogens with one attached hydrogen (secondary N) is 2. The van der Waals surface area contributed by atoms with Crippen LogP contribution in [0.1, 0.15) is 34.6 Å². The number of benzene rings is 3.